The van der Waals surface area contributed by atoms with Gasteiger partial charge in [0.25, 0.3) is 0 Å². The summed E-state index contributed by atoms with van der Waals surface area (Å²) in [6.45, 7) is 4.97. The van der Waals surface area contributed by atoms with Crippen LogP contribution in [0.2, 0.25) is 0 Å². The van der Waals surface area contributed by atoms with E-state index in [1.807, 2.05) is 6.92 Å². The lowest BCUT2D eigenvalue weighted by atomic mass is 9.94. The number of aromatic nitrogens is 3. The van der Waals surface area contributed by atoms with Gasteiger partial charge in [0.15, 0.2) is 5.82 Å². The summed E-state index contributed by atoms with van der Waals surface area (Å²) in [4.78, 5) is 18.4. The number of benzene rings is 2. The number of pyridine rings is 1. The third kappa shape index (κ3) is 4.47. The molecule has 3 aliphatic heterocycles. The molecule has 4 aliphatic rings. The summed E-state index contributed by atoms with van der Waals surface area (Å²) in [5, 5.41) is 12.2. The number of halogens is 3. The third-order valence-electron chi connectivity index (χ3n) is 10.5. The fraction of sp³-hybridized carbons (Fsp3) is 0.500. The predicted molar refractivity (Wildman–Crippen MR) is 163 cm³/mol. The Labute approximate surface area is 254 Å². The molecule has 4 atom stereocenters. The van der Waals surface area contributed by atoms with Gasteiger partial charge in [0.2, 0.25) is 0 Å². The maximum Gasteiger partial charge on any atom is 0.319 e. The van der Waals surface area contributed by atoms with Gasteiger partial charge in [0.1, 0.15) is 41.4 Å². The second-order valence-electron chi connectivity index (χ2n) is 13.3. The zero-order valence-corrected chi connectivity index (χ0v) is 24.8. The Morgan fingerprint density at radius 3 is 2.70 bits per heavy atom. The average molecular weight is 604 g/mol. The molecule has 4 fully saturated rings. The van der Waals surface area contributed by atoms with E-state index in [9.17, 15) is 13.9 Å². The van der Waals surface area contributed by atoms with Crippen LogP contribution in [-0.4, -0.2) is 69.5 Å². The SMILES string of the molecule is CCc1c(F)ccc2cc(O)cc(-c3ncc4c(N5CC6CCC(C6)C5)nc(OCC56CCCN5C[C@H](F)C6)nc4c3F)c12. The number of fused-ring (bicyclic) bond motifs is 5. The molecule has 3 unspecified atom stereocenters. The quantitative estimate of drug-likeness (QED) is 0.267. The summed E-state index contributed by atoms with van der Waals surface area (Å²) in [5.41, 5.74) is 0.373. The molecule has 3 saturated heterocycles. The lowest BCUT2D eigenvalue weighted by molar-refractivity contribution is 0.107. The molecule has 230 valence electrons. The Balaban J connectivity index is 1.27. The molecule has 1 N–H and O–H groups in total. The normalized spacial score (nSPS) is 26.6. The van der Waals surface area contributed by atoms with E-state index in [1.54, 1.807) is 18.3 Å². The molecular weight excluding hydrogens is 567 g/mol. The van der Waals surface area contributed by atoms with E-state index in [1.165, 1.54) is 31.4 Å². The molecule has 0 spiro atoms. The Morgan fingerprint density at radius 2 is 1.91 bits per heavy atom. The van der Waals surface area contributed by atoms with E-state index in [0.717, 1.165) is 32.5 Å². The molecular formula is C34H36F3N5O2. The van der Waals surface area contributed by atoms with Gasteiger partial charge in [-0.25, -0.2) is 13.2 Å². The van der Waals surface area contributed by atoms with Crippen molar-refractivity contribution in [3.63, 3.8) is 0 Å². The number of anilines is 1. The van der Waals surface area contributed by atoms with Gasteiger partial charge in [-0.05, 0) is 91.4 Å². The number of piperidine rings is 1. The molecule has 1 saturated carbocycles. The number of hydrogen-bond donors (Lipinski definition) is 1. The van der Waals surface area contributed by atoms with Crippen LogP contribution in [0.25, 0.3) is 32.9 Å². The minimum absolute atomic E-state index is 0.0235. The number of hydrogen-bond acceptors (Lipinski definition) is 7. The minimum Gasteiger partial charge on any atom is -0.508 e. The molecule has 1 aliphatic carbocycles. The van der Waals surface area contributed by atoms with E-state index in [4.69, 9.17) is 9.72 Å². The summed E-state index contributed by atoms with van der Waals surface area (Å²) in [6.07, 6.45) is 6.86. The van der Waals surface area contributed by atoms with Crippen molar-refractivity contribution in [3.05, 3.63) is 47.7 Å². The molecule has 2 aromatic carbocycles. The van der Waals surface area contributed by atoms with Crippen LogP contribution in [0.5, 0.6) is 11.8 Å². The van der Waals surface area contributed by atoms with Crippen molar-refractivity contribution in [1.82, 2.24) is 19.9 Å². The van der Waals surface area contributed by atoms with Gasteiger partial charge in [-0.2, -0.15) is 9.97 Å². The maximum absolute atomic E-state index is 16.8. The zero-order chi connectivity index (χ0) is 30.2. The molecule has 2 aromatic heterocycles. The number of nitrogens with zero attached hydrogens (tertiary/aromatic N) is 5. The first kappa shape index (κ1) is 27.9. The summed E-state index contributed by atoms with van der Waals surface area (Å²) >= 11 is 0. The fourth-order valence-corrected chi connectivity index (χ4v) is 8.58. The van der Waals surface area contributed by atoms with E-state index in [2.05, 4.69) is 19.8 Å². The number of alkyl halides is 1. The molecule has 10 heteroatoms. The lowest BCUT2D eigenvalue weighted by Crippen LogP contribution is -2.43. The van der Waals surface area contributed by atoms with Gasteiger partial charge in [-0.1, -0.05) is 13.0 Å². The molecule has 0 radical (unpaired) electrons. The minimum atomic E-state index is -0.892. The standard InChI is InChI=1S/C34H36F3N5O2/c1-2-24-27(36)7-6-21-11-23(43)12-25(28(21)24)30-29(37)31-26(14-38-30)32(41-15-19-4-5-20(10-19)16-41)40-33(39-31)44-18-34-8-3-9-42(34)17-22(35)13-34/h6-7,11-12,14,19-20,22,43H,2-5,8-10,13,15-18H2,1H3/t19?,20?,22-,34?/m1/s1. The Bertz CT molecular complexity index is 1770. The predicted octanol–water partition coefficient (Wildman–Crippen LogP) is 6.58. The maximum atomic E-state index is 16.8. The van der Waals surface area contributed by atoms with Crippen LogP contribution in [0, 0.1) is 23.5 Å². The zero-order valence-electron chi connectivity index (χ0n) is 24.8. The molecule has 4 aromatic rings. The van der Waals surface area contributed by atoms with E-state index < -0.39 is 23.3 Å². The number of phenolic OH excluding ortho intramolecular Hbond substituents is 1. The number of rotatable bonds is 6. The highest BCUT2D eigenvalue weighted by molar-refractivity contribution is 6.01. The van der Waals surface area contributed by atoms with Crippen molar-refractivity contribution < 1.29 is 23.0 Å². The van der Waals surface area contributed by atoms with Gasteiger partial charge in [0, 0.05) is 37.8 Å². The number of ether oxygens (including phenoxy) is 1. The third-order valence-corrected chi connectivity index (χ3v) is 10.5. The van der Waals surface area contributed by atoms with E-state index in [0.29, 0.717) is 64.3 Å². The molecule has 5 heterocycles. The van der Waals surface area contributed by atoms with E-state index >= 15 is 4.39 Å². The van der Waals surface area contributed by atoms with Crippen LogP contribution in [-0.2, 0) is 6.42 Å². The first-order valence-electron chi connectivity index (χ1n) is 15.9. The fourth-order valence-electron chi connectivity index (χ4n) is 8.58. The summed E-state index contributed by atoms with van der Waals surface area (Å²) in [5.74, 6) is 0.577. The van der Waals surface area contributed by atoms with Gasteiger partial charge in [-0.3, -0.25) is 9.88 Å². The van der Waals surface area contributed by atoms with Crippen LogP contribution >= 0.6 is 0 Å². The van der Waals surface area contributed by atoms with Crippen molar-refractivity contribution in [2.75, 3.05) is 37.7 Å². The van der Waals surface area contributed by atoms with E-state index in [-0.39, 0.29) is 29.6 Å². The number of aryl methyl sites for hydroxylation is 1. The van der Waals surface area contributed by atoms with Gasteiger partial charge in [-0.15, -0.1) is 0 Å². The Kier molecular flexibility index (Phi) is 6.63. The van der Waals surface area contributed by atoms with Crippen LogP contribution in [0.4, 0.5) is 19.0 Å². The highest BCUT2D eigenvalue weighted by Crippen LogP contribution is 2.43. The smallest absolute Gasteiger partial charge is 0.319 e. The lowest BCUT2D eigenvalue weighted by Gasteiger charge is -2.34. The van der Waals surface area contributed by atoms with Crippen LogP contribution < -0.4 is 9.64 Å². The molecule has 44 heavy (non-hydrogen) atoms. The van der Waals surface area contributed by atoms with Crippen molar-refractivity contribution in [1.29, 1.82) is 0 Å². The second kappa shape index (κ2) is 10.5. The largest absolute Gasteiger partial charge is 0.508 e. The Hall–Kier alpha value is -3.66. The van der Waals surface area contributed by atoms with Crippen LogP contribution in [0.3, 0.4) is 0 Å². The first-order valence-corrected chi connectivity index (χ1v) is 15.9. The highest BCUT2D eigenvalue weighted by Gasteiger charge is 2.49. The van der Waals surface area contributed by atoms with Crippen molar-refractivity contribution in [2.24, 2.45) is 11.8 Å². The summed E-state index contributed by atoms with van der Waals surface area (Å²) < 4.78 is 52.4. The van der Waals surface area contributed by atoms with Crippen molar-refractivity contribution in [2.45, 2.75) is 63.6 Å². The van der Waals surface area contributed by atoms with Gasteiger partial charge in [0.05, 0.1) is 10.9 Å². The van der Waals surface area contributed by atoms with Crippen LogP contribution in [0.1, 0.15) is 51.0 Å². The Morgan fingerprint density at radius 1 is 1.09 bits per heavy atom. The first-order chi connectivity index (χ1) is 21.3. The number of phenols is 1. The average Bonchev–Trinajstić information content (AvgIpc) is 3.66. The van der Waals surface area contributed by atoms with Gasteiger partial charge < -0.3 is 14.7 Å². The van der Waals surface area contributed by atoms with Gasteiger partial charge >= 0.3 is 6.01 Å². The summed E-state index contributed by atoms with van der Waals surface area (Å²) in [7, 11) is 0. The molecule has 8 rings (SSSR count). The van der Waals surface area contributed by atoms with Crippen LogP contribution in [0.15, 0.2) is 30.5 Å². The summed E-state index contributed by atoms with van der Waals surface area (Å²) in [6, 6.07) is 5.99. The monoisotopic (exact) mass is 603 g/mol. The molecule has 0 amide bonds. The highest BCUT2D eigenvalue weighted by atomic mass is 19.1. The molecule has 2 bridgehead atoms. The second-order valence-corrected chi connectivity index (χ2v) is 13.3. The van der Waals surface area contributed by atoms with Crippen molar-refractivity contribution in [3.8, 4) is 23.0 Å². The van der Waals surface area contributed by atoms with Crippen molar-refractivity contribution >= 4 is 27.5 Å². The topological polar surface area (TPSA) is 74.6 Å². The number of aromatic hydroxyl groups is 1. The molecule has 7 nitrogen and oxygen atoms in total.